The Balaban J connectivity index is 1.93. The van der Waals surface area contributed by atoms with Gasteiger partial charge in [0.05, 0.1) is 18.0 Å². The minimum absolute atomic E-state index is 0.0392. The number of aromatic nitrogens is 2. The molecule has 0 saturated heterocycles. The van der Waals surface area contributed by atoms with Gasteiger partial charge in [-0.1, -0.05) is 11.6 Å². The van der Waals surface area contributed by atoms with Crippen molar-refractivity contribution in [3.8, 4) is 0 Å². The Morgan fingerprint density at radius 1 is 1.45 bits per heavy atom. The number of nitrogens with zero attached hydrogens (tertiary/aromatic N) is 4. The fraction of sp³-hybridized carbons (Fsp3) is 0.316. The van der Waals surface area contributed by atoms with Gasteiger partial charge in [-0.05, 0) is 25.1 Å². The van der Waals surface area contributed by atoms with E-state index in [0.717, 1.165) is 6.07 Å². The third-order valence-corrected chi connectivity index (χ3v) is 4.83. The van der Waals surface area contributed by atoms with Crippen LogP contribution in [0.2, 0.25) is 5.02 Å². The van der Waals surface area contributed by atoms with Gasteiger partial charge in [-0.3, -0.25) is 14.8 Å². The predicted octanol–water partition coefficient (Wildman–Crippen LogP) is 4.13. The van der Waals surface area contributed by atoms with Crippen molar-refractivity contribution in [1.29, 1.82) is 0 Å². The Morgan fingerprint density at radius 2 is 2.16 bits per heavy atom. The highest BCUT2D eigenvalue weighted by molar-refractivity contribution is 6.33. The number of nitrogens with two attached hydrogens (primary N) is 1. The Bertz CT molecular complexity index is 1120. The van der Waals surface area contributed by atoms with Crippen LogP contribution in [0, 0.1) is 12.4 Å². The summed E-state index contributed by atoms with van der Waals surface area (Å²) in [6.45, 7) is 8.17. The molecular weight excluding hydrogens is 442 g/mol. The first-order chi connectivity index (χ1) is 14.4. The molecule has 0 saturated carbocycles. The first kappa shape index (κ1) is 22.4. The van der Waals surface area contributed by atoms with Crippen molar-refractivity contribution in [3.63, 3.8) is 0 Å². The van der Waals surface area contributed by atoms with Gasteiger partial charge in [-0.25, -0.2) is 14.2 Å². The minimum Gasteiger partial charge on any atom is -0.452 e. The summed E-state index contributed by atoms with van der Waals surface area (Å²) in [5, 5.41) is -0.0392. The van der Waals surface area contributed by atoms with E-state index < -0.39 is 47.6 Å². The number of rotatable bonds is 4. The summed E-state index contributed by atoms with van der Waals surface area (Å²) in [4.78, 5) is 27.4. The monoisotopic (exact) mass is 455 g/mol. The van der Waals surface area contributed by atoms with Crippen LogP contribution in [-0.4, -0.2) is 34.1 Å². The maximum Gasteiger partial charge on any atom is 0.425 e. The van der Waals surface area contributed by atoms with E-state index in [4.69, 9.17) is 23.9 Å². The van der Waals surface area contributed by atoms with E-state index >= 15 is 0 Å². The average molecular weight is 456 g/mol. The number of carbonyl (C=O) groups excluding carboxylic acids is 1. The van der Waals surface area contributed by atoms with Crippen molar-refractivity contribution in [3.05, 3.63) is 63.7 Å². The number of carbonyl (C=O) groups is 1. The molecule has 0 amide bonds. The second kappa shape index (κ2) is 8.11. The lowest BCUT2D eigenvalue weighted by Gasteiger charge is -2.35. The molecule has 3 rings (SSSR count). The van der Waals surface area contributed by atoms with Crippen LogP contribution in [-0.2, 0) is 16.7 Å². The molecule has 1 aliphatic rings. The number of halogens is 5. The van der Waals surface area contributed by atoms with Crippen LogP contribution >= 0.6 is 11.6 Å². The molecule has 0 radical (unpaired) electrons. The summed E-state index contributed by atoms with van der Waals surface area (Å²) in [6, 6.07) is 2.73. The second-order valence-corrected chi connectivity index (χ2v) is 7.35. The van der Waals surface area contributed by atoms with Crippen molar-refractivity contribution in [2.45, 2.75) is 37.6 Å². The standard InChI is InChI=1S/C19H14ClF4N5O2/c1-18(7-14(19(22,23)24)31-17(25)29-18)16-12(21)4-3-9(28-16)6-13(30)15-11(20)5-10(26-2)8-27-15/h3-5,8,14H,6-7H2,1H3,(H2,25,29)/t14-,18-/m0/s1. The zero-order valence-corrected chi connectivity index (χ0v) is 16.6. The zero-order valence-electron chi connectivity index (χ0n) is 15.9. The normalized spacial score (nSPS) is 21.1. The third kappa shape index (κ3) is 4.74. The Morgan fingerprint density at radius 3 is 2.77 bits per heavy atom. The van der Waals surface area contributed by atoms with Crippen LogP contribution in [0.1, 0.15) is 35.2 Å². The maximum absolute atomic E-state index is 14.5. The highest BCUT2D eigenvalue weighted by atomic mass is 35.5. The molecule has 0 aromatic carbocycles. The van der Waals surface area contributed by atoms with Gasteiger partial charge in [0.1, 0.15) is 22.7 Å². The molecule has 7 nitrogen and oxygen atoms in total. The molecule has 162 valence electrons. The number of hydrogen-bond donors (Lipinski definition) is 1. The van der Waals surface area contributed by atoms with Gasteiger partial charge >= 0.3 is 6.18 Å². The van der Waals surface area contributed by atoms with Crippen LogP contribution in [0.25, 0.3) is 4.85 Å². The average Bonchev–Trinajstić information content (AvgIpc) is 2.67. The number of ether oxygens (including phenoxy) is 1. The molecular formula is C19H14ClF4N5O2. The van der Waals surface area contributed by atoms with E-state index in [0.29, 0.717) is 0 Å². The molecule has 2 aromatic heterocycles. The Kier molecular flexibility index (Phi) is 5.87. The van der Waals surface area contributed by atoms with Gasteiger partial charge in [-0.15, -0.1) is 0 Å². The number of amidine groups is 1. The summed E-state index contributed by atoms with van der Waals surface area (Å²) >= 11 is 5.99. The molecule has 0 aliphatic carbocycles. The van der Waals surface area contributed by atoms with E-state index in [1.165, 1.54) is 25.3 Å². The summed E-state index contributed by atoms with van der Waals surface area (Å²) < 4.78 is 58.6. The van der Waals surface area contributed by atoms with Gasteiger partial charge in [0, 0.05) is 18.3 Å². The number of pyridine rings is 2. The van der Waals surface area contributed by atoms with Crippen LogP contribution in [0.4, 0.5) is 23.2 Å². The van der Waals surface area contributed by atoms with Crippen LogP contribution in [0.15, 0.2) is 29.4 Å². The van der Waals surface area contributed by atoms with Crippen LogP contribution < -0.4 is 5.73 Å². The molecule has 1 aliphatic heterocycles. The number of hydrogen-bond acceptors (Lipinski definition) is 6. The lowest BCUT2D eigenvalue weighted by Crippen LogP contribution is -2.46. The van der Waals surface area contributed by atoms with Crippen molar-refractivity contribution in [2.24, 2.45) is 10.7 Å². The predicted molar refractivity (Wildman–Crippen MR) is 102 cm³/mol. The second-order valence-electron chi connectivity index (χ2n) is 6.94. The first-order valence-corrected chi connectivity index (χ1v) is 9.11. The Labute approximate surface area is 178 Å². The number of ketones is 1. The molecule has 2 atom stereocenters. The molecule has 2 aromatic rings. The number of alkyl halides is 3. The fourth-order valence-corrected chi connectivity index (χ4v) is 3.36. The topological polar surface area (TPSA) is 94.8 Å². The SMILES string of the molecule is [C-]#[N+]c1cnc(C(=O)Cc2ccc(F)c([C@]3(C)C[C@@H](C(F)(F)F)OC(N)=N3)n2)c(Cl)c1. The third-order valence-electron chi connectivity index (χ3n) is 4.54. The van der Waals surface area contributed by atoms with Crippen molar-refractivity contribution < 1.29 is 27.1 Å². The highest BCUT2D eigenvalue weighted by Crippen LogP contribution is 2.40. The summed E-state index contributed by atoms with van der Waals surface area (Å²) in [5.41, 5.74) is 3.33. The molecule has 0 fully saturated rings. The van der Waals surface area contributed by atoms with E-state index in [9.17, 15) is 22.4 Å². The molecule has 3 heterocycles. The van der Waals surface area contributed by atoms with E-state index in [1.54, 1.807) is 0 Å². The lowest BCUT2D eigenvalue weighted by atomic mass is 9.89. The lowest BCUT2D eigenvalue weighted by molar-refractivity contribution is -0.208. The molecule has 12 heteroatoms. The molecule has 0 unspecified atom stereocenters. The molecule has 31 heavy (non-hydrogen) atoms. The molecule has 2 N–H and O–H groups in total. The number of Topliss-reactive ketones (excluding diaryl/α,β-unsaturated/α-hetero) is 1. The van der Waals surface area contributed by atoms with Gasteiger partial charge < -0.3 is 10.5 Å². The van der Waals surface area contributed by atoms with Crippen LogP contribution in [0.5, 0.6) is 0 Å². The van der Waals surface area contributed by atoms with Gasteiger partial charge in [0.2, 0.25) is 5.69 Å². The summed E-state index contributed by atoms with van der Waals surface area (Å²) in [5.74, 6) is -1.48. The van der Waals surface area contributed by atoms with Crippen molar-refractivity contribution in [1.82, 2.24) is 9.97 Å². The highest BCUT2D eigenvalue weighted by Gasteiger charge is 2.50. The smallest absolute Gasteiger partial charge is 0.425 e. The maximum atomic E-state index is 14.5. The van der Waals surface area contributed by atoms with Crippen LogP contribution in [0.3, 0.4) is 0 Å². The molecule has 0 bridgehead atoms. The van der Waals surface area contributed by atoms with Gasteiger partial charge in [-0.2, -0.15) is 13.2 Å². The van der Waals surface area contributed by atoms with Crippen molar-refractivity contribution >= 4 is 29.1 Å². The molecule has 0 spiro atoms. The van der Waals surface area contributed by atoms with Crippen molar-refractivity contribution in [2.75, 3.05) is 0 Å². The van der Waals surface area contributed by atoms with Gasteiger partial charge in [0.25, 0.3) is 6.02 Å². The van der Waals surface area contributed by atoms with E-state index in [2.05, 4.69) is 24.5 Å². The fourth-order valence-electron chi connectivity index (χ4n) is 3.10. The minimum atomic E-state index is -4.74. The quantitative estimate of drug-likeness (QED) is 0.425. The Hall–Kier alpha value is -3.26. The van der Waals surface area contributed by atoms with Gasteiger partial charge in [0.15, 0.2) is 11.9 Å². The summed E-state index contributed by atoms with van der Waals surface area (Å²) in [7, 11) is 0. The van der Waals surface area contributed by atoms with E-state index in [1.807, 2.05) is 0 Å². The summed E-state index contributed by atoms with van der Waals surface area (Å²) in [6.07, 6.45) is -6.96. The van der Waals surface area contributed by atoms with E-state index in [-0.39, 0.29) is 28.5 Å². The largest absolute Gasteiger partial charge is 0.452 e. The first-order valence-electron chi connectivity index (χ1n) is 8.74. The zero-order chi connectivity index (χ0) is 23.0. The number of aliphatic imine (C=N–C) groups is 1.